The van der Waals surface area contributed by atoms with Crippen molar-refractivity contribution in [3.05, 3.63) is 59.5 Å². The summed E-state index contributed by atoms with van der Waals surface area (Å²) in [6, 6.07) is 13.3. The Morgan fingerprint density at radius 2 is 2.05 bits per heavy atom. The van der Waals surface area contributed by atoms with Gasteiger partial charge in [-0.25, -0.2) is 0 Å². The van der Waals surface area contributed by atoms with E-state index in [1.165, 1.54) is 11.1 Å². The van der Waals surface area contributed by atoms with E-state index in [4.69, 9.17) is 10.2 Å². The molecule has 0 amide bonds. The topological polar surface area (TPSA) is 51.2 Å². The number of nitrogens with one attached hydrogen (secondary N) is 1. The van der Waals surface area contributed by atoms with E-state index >= 15 is 0 Å². The first-order valence-electron chi connectivity index (χ1n) is 6.87. The lowest BCUT2D eigenvalue weighted by Crippen LogP contribution is -2.31. The van der Waals surface area contributed by atoms with E-state index in [-0.39, 0.29) is 6.04 Å². The van der Waals surface area contributed by atoms with Gasteiger partial charge < -0.3 is 15.5 Å². The quantitative estimate of drug-likeness (QED) is 0.884. The zero-order valence-electron chi connectivity index (χ0n) is 11.2. The number of benzene rings is 1. The molecule has 1 aliphatic carbocycles. The van der Waals surface area contributed by atoms with Gasteiger partial charge >= 0.3 is 0 Å². The van der Waals surface area contributed by atoms with Gasteiger partial charge in [0.15, 0.2) is 0 Å². The van der Waals surface area contributed by atoms with Gasteiger partial charge in [-0.1, -0.05) is 24.3 Å². The minimum Gasteiger partial charge on any atom is -0.469 e. The maximum absolute atomic E-state index is 6.19. The Morgan fingerprint density at radius 3 is 2.79 bits per heavy atom. The van der Waals surface area contributed by atoms with Crippen molar-refractivity contribution in [3.8, 4) is 0 Å². The van der Waals surface area contributed by atoms with Crippen LogP contribution in [0.5, 0.6) is 0 Å². The summed E-state index contributed by atoms with van der Waals surface area (Å²) >= 11 is 0. The van der Waals surface area contributed by atoms with E-state index in [2.05, 4.69) is 36.5 Å². The van der Waals surface area contributed by atoms with E-state index < -0.39 is 0 Å². The molecule has 3 rings (SSSR count). The van der Waals surface area contributed by atoms with Crippen LogP contribution in [-0.4, -0.2) is 6.04 Å². The minimum atomic E-state index is 0.157. The Labute approximate surface area is 113 Å². The highest BCUT2D eigenvalue weighted by Gasteiger charge is 2.28. The SMILES string of the molecule is CC(Cc1ccco1)NC1CC(N)c2ccccc21. The van der Waals surface area contributed by atoms with Gasteiger partial charge in [-0.3, -0.25) is 0 Å². The fraction of sp³-hybridized carbons (Fsp3) is 0.375. The van der Waals surface area contributed by atoms with E-state index in [9.17, 15) is 0 Å². The molecule has 3 heteroatoms. The molecule has 1 aliphatic rings. The van der Waals surface area contributed by atoms with Crippen LogP contribution in [-0.2, 0) is 6.42 Å². The van der Waals surface area contributed by atoms with Crippen molar-refractivity contribution in [2.45, 2.75) is 37.9 Å². The van der Waals surface area contributed by atoms with Crippen molar-refractivity contribution in [1.29, 1.82) is 0 Å². The molecule has 1 heterocycles. The highest BCUT2D eigenvalue weighted by Crippen LogP contribution is 2.37. The number of fused-ring (bicyclic) bond motifs is 1. The molecule has 2 aromatic rings. The number of furan rings is 1. The number of hydrogen-bond donors (Lipinski definition) is 2. The standard InChI is InChI=1S/C16H20N2O/c1-11(9-12-5-4-8-19-12)18-16-10-15(17)13-6-2-3-7-14(13)16/h2-8,11,15-16,18H,9-10,17H2,1H3. The van der Waals surface area contributed by atoms with Crippen LogP contribution in [0.1, 0.15) is 42.3 Å². The Bertz CT molecular complexity index is 535. The maximum Gasteiger partial charge on any atom is 0.105 e. The molecule has 0 bridgehead atoms. The van der Waals surface area contributed by atoms with Crippen LogP contribution in [0.3, 0.4) is 0 Å². The summed E-state index contributed by atoms with van der Waals surface area (Å²) in [6.45, 7) is 2.19. The summed E-state index contributed by atoms with van der Waals surface area (Å²) in [5.41, 5.74) is 8.82. The maximum atomic E-state index is 6.19. The molecule has 3 unspecified atom stereocenters. The highest BCUT2D eigenvalue weighted by molar-refractivity contribution is 5.37. The van der Waals surface area contributed by atoms with Crippen molar-refractivity contribution < 1.29 is 4.42 Å². The second-order valence-corrected chi connectivity index (χ2v) is 5.37. The van der Waals surface area contributed by atoms with Crippen LogP contribution >= 0.6 is 0 Å². The van der Waals surface area contributed by atoms with E-state index in [0.717, 1.165) is 18.6 Å². The second kappa shape index (κ2) is 5.19. The van der Waals surface area contributed by atoms with Crippen molar-refractivity contribution >= 4 is 0 Å². The van der Waals surface area contributed by atoms with Gasteiger partial charge in [0.25, 0.3) is 0 Å². The first-order valence-corrected chi connectivity index (χ1v) is 6.87. The van der Waals surface area contributed by atoms with Crippen molar-refractivity contribution in [1.82, 2.24) is 5.32 Å². The molecule has 1 aromatic carbocycles. The van der Waals surface area contributed by atoms with Crippen molar-refractivity contribution in [3.63, 3.8) is 0 Å². The predicted octanol–water partition coefficient (Wildman–Crippen LogP) is 2.95. The average molecular weight is 256 g/mol. The molecule has 0 saturated heterocycles. The molecule has 0 saturated carbocycles. The van der Waals surface area contributed by atoms with Crippen LogP contribution in [0.2, 0.25) is 0 Å². The zero-order chi connectivity index (χ0) is 13.2. The van der Waals surface area contributed by atoms with E-state index in [1.807, 2.05) is 12.1 Å². The molecule has 3 N–H and O–H groups in total. The number of rotatable bonds is 4. The molecule has 19 heavy (non-hydrogen) atoms. The molecule has 0 spiro atoms. The predicted molar refractivity (Wildman–Crippen MR) is 75.7 cm³/mol. The smallest absolute Gasteiger partial charge is 0.105 e. The number of hydrogen-bond acceptors (Lipinski definition) is 3. The average Bonchev–Trinajstić information content (AvgIpc) is 3.00. The van der Waals surface area contributed by atoms with Crippen molar-refractivity contribution in [2.75, 3.05) is 0 Å². The van der Waals surface area contributed by atoms with Crippen molar-refractivity contribution in [2.24, 2.45) is 5.73 Å². The Balaban J connectivity index is 1.68. The van der Waals surface area contributed by atoms with Gasteiger partial charge in [0.2, 0.25) is 0 Å². The fourth-order valence-corrected chi connectivity index (χ4v) is 2.96. The lowest BCUT2D eigenvalue weighted by atomic mass is 10.1. The lowest BCUT2D eigenvalue weighted by Gasteiger charge is -2.19. The highest BCUT2D eigenvalue weighted by atomic mass is 16.3. The van der Waals surface area contributed by atoms with E-state index in [1.54, 1.807) is 6.26 Å². The molecule has 0 radical (unpaired) electrons. The first kappa shape index (κ1) is 12.5. The summed E-state index contributed by atoms with van der Waals surface area (Å²) in [5.74, 6) is 1.02. The normalized spacial score (nSPS) is 23.3. The summed E-state index contributed by atoms with van der Waals surface area (Å²) in [5, 5.41) is 3.66. The second-order valence-electron chi connectivity index (χ2n) is 5.37. The van der Waals surface area contributed by atoms with Gasteiger partial charge in [-0.15, -0.1) is 0 Å². The molecule has 3 atom stereocenters. The Morgan fingerprint density at radius 1 is 1.26 bits per heavy atom. The third-order valence-corrected chi connectivity index (χ3v) is 3.83. The third-order valence-electron chi connectivity index (χ3n) is 3.83. The minimum absolute atomic E-state index is 0.157. The lowest BCUT2D eigenvalue weighted by molar-refractivity contribution is 0.406. The Kier molecular flexibility index (Phi) is 3.40. The third kappa shape index (κ3) is 2.57. The Hall–Kier alpha value is -1.58. The summed E-state index contributed by atoms with van der Waals surface area (Å²) in [7, 11) is 0. The summed E-state index contributed by atoms with van der Waals surface area (Å²) in [6.07, 6.45) is 3.60. The van der Waals surface area contributed by atoms with Crippen LogP contribution in [0.15, 0.2) is 47.1 Å². The molecule has 1 aromatic heterocycles. The molecular formula is C16H20N2O. The van der Waals surface area contributed by atoms with Gasteiger partial charge in [-0.2, -0.15) is 0 Å². The monoisotopic (exact) mass is 256 g/mol. The van der Waals surface area contributed by atoms with Crippen LogP contribution in [0.4, 0.5) is 0 Å². The molecule has 100 valence electrons. The van der Waals surface area contributed by atoms with Gasteiger partial charge in [0, 0.05) is 24.5 Å². The zero-order valence-corrected chi connectivity index (χ0v) is 11.2. The summed E-state index contributed by atoms with van der Waals surface area (Å²) < 4.78 is 5.39. The van der Waals surface area contributed by atoms with Crippen LogP contribution < -0.4 is 11.1 Å². The van der Waals surface area contributed by atoms with Gasteiger partial charge in [0.05, 0.1) is 6.26 Å². The number of nitrogens with two attached hydrogens (primary N) is 1. The van der Waals surface area contributed by atoms with Gasteiger partial charge in [-0.05, 0) is 36.6 Å². The largest absolute Gasteiger partial charge is 0.469 e. The van der Waals surface area contributed by atoms with Crippen LogP contribution in [0, 0.1) is 0 Å². The molecule has 0 fully saturated rings. The first-order chi connectivity index (χ1) is 9.24. The van der Waals surface area contributed by atoms with Gasteiger partial charge in [0.1, 0.15) is 5.76 Å². The fourth-order valence-electron chi connectivity index (χ4n) is 2.96. The molecule has 3 nitrogen and oxygen atoms in total. The van der Waals surface area contributed by atoms with Crippen LogP contribution in [0.25, 0.3) is 0 Å². The van der Waals surface area contributed by atoms with E-state index in [0.29, 0.717) is 12.1 Å². The summed E-state index contributed by atoms with van der Waals surface area (Å²) in [4.78, 5) is 0. The molecule has 0 aliphatic heterocycles. The molecular weight excluding hydrogens is 236 g/mol.